The van der Waals surface area contributed by atoms with Gasteiger partial charge in [-0.15, -0.1) is 0 Å². The van der Waals surface area contributed by atoms with Crippen LogP contribution in [0.25, 0.3) is 0 Å². The van der Waals surface area contributed by atoms with Crippen molar-refractivity contribution < 1.29 is 4.79 Å². The van der Waals surface area contributed by atoms with Crippen LogP contribution in [0.4, 0.5) is 5.69 Å². The average Bonchev–Trinajstić information content (AvgIpc) is 2.33. The van der Waals surface area contributed by atoms with Crippen LogP contribution in [-0.2, 0) is 0 Å². The van der Waals surface area contributed by atoms with Crippen LogP contribution in [0.15, 0.2) is 12.1 Å². The highest BCUT2D eigenvalue weighted by Crippen LogP contribution is 2.28. The highest BCUT2D eigenvalue weighted by atomic mass is 35.5. The molecule has 0 bridgehead atoms. The van der Waals surface area contributed by atoms with Gasteiger partial charge in [0.05, 0.1) is 15.6 Å². The Kier molecular flexibility index (Phi) is 6.46. The zero-order valence-corrected chi connectivity index (χ0v) is 12.8. The van der Waals surface area contributed by atoms with Crippen molar-refractivity contribution in [2.45, 2.75) is 45.6 Å². The topological polar surface area (TPSA) is 55.1 Å². The van der Waals surface area contributed by atoms with Gasteiger partial charge in [0.15, 0.2) is 0 Å². The standard InChI is InChI=1S/C14H20Cl2N2O/c1-3-4-5-6-9(2)18-14(19)11-7-10(17)8-12(15)13(11)16/h7-9H,3-6,17H2,1-2H3,(H,18,19). The number of hydrogen-bond acceptors (Lipinski definition) is 2. The molecular formula is C14H20Cl2N2O. The lowest BCUT2D eigenvalue weighted by Crippen LogP contribution is -2.32. The van der Waals surface area contributed by atoms with E-state index in [0.29, 0.717) is 16.3 Å². The Morgan fingerprint density at radius 1 is 1.37 bits per heavy atom. The number of nitrogens with one attached hydrogen (secondary N) is 1. The van der Waals surface area contributed by atoms with Crippen molar-refractivity contribution in [2.24, 2.45) is 0 Å². The van der Waals surface area contributed by atoms with Crippen LogP contribution in [-0.4, -0.2) is 11.9 Å². The normalized spacial score (nSPS) is 12.2. The van der Waals surface area contributed by atoms with Gasteiger partial charge >= 0.3 is 0 Å². The molecule has 1 atom stereocenters. The highest BCUT2D eigenvalue weighted by molar-refractivity contribution is 6.44. The lowest BCUT2D eigenvalue weighted by atomic mass is 10.1. The summed E-state index contributed by atoms with van der Waals surface area (Å²) in [4.78, 5) is 12.1. The highest BCUT2D eigenvalue weighted by Gasteiger charge is 2.15. The second kappa shape index (κ2) is 7.61. The van der Waals surface area contributed by atoms with Crippen LogP contribution in [0.2, 0.25) is 10.0 Å². The van der Waals surface area contributed by atoms with Crippen molar-refractivity contribution in [2.75, 3.05) is 5.73 Å². The predicted molar refractivity (Wildman–Crippen MR) is 81.9 cm³/mol. The molecule has 19 heavy (non-hydrogen) atoms. The Labute approximate surface area is 124 Å². The van der Waals surface area contributed by atoms with E-state index in [0.717, 1.165) is 19.3 Å². The minimum Gasteiger partial charge on any atom is -0.399 e. The molecule has 0 aliphatic carbocycles. The summed E-state index contributed by atoms with van der Waals surface area (Å²) in [5.74, 6) is -0.233. The van der Waals surface area contributed by atoms with E-state index in [1.807, 2.05) is 6.92 Å². The number of halogens is 2. The van der Waals surface area contributed by atoms with Gasteiger partial charge in [-0.2, -0.15) is 0 Å². The number of carbonyl (C=O) groups is 1. The Morgan fingerprint density at radius 3 is 2.68 bits per heavy atom. The maximum absolute atomic E-state index is 12.1. The molecule has 0 spiro atoms. The summed E-state index contributed by atoms with van der Waals surface area (Å²) >= 11 is 11.9. The van der Waals surface area contributed by atoms with E-state index in [2.05, 4.69) is 12.2 Å². The summed E-state index contributed by atoms with van der Waals surface area (Å²) in [6, 6.07) is 3.18. The summed E-state index contributed by atoms with van der Waals surface area (Å²) in [5.41, 5.74) is 6.43. The third-order valence-electron chi connectivity index (χ3n) is 2.91. The number of hydrogen-bond donors (Lipinski definition) is 2. The zero-order chi connectivity index (χ0) is 14.4. The fourth-order valence-electron chi connectivity index (χ4n) is 1.85. The first-order valence-corrected chi connectivity index (χ1v) is 7.26. The molecule has 0 saturated heterocycles. The van der Waals surface area contributed by atoms with Crippen molar-refractivity contribution in [3.8, 4) is 0 Å². The summed E-state index contributed by atoms with van der Waals surface area (Å²) in [7, 11) is 0. The molecule has 106 valence electrons. The molecule has 1 unspecified atom stereocenters. The SMILES string of the molecule is CCCCCC(C)NC(=O)c1cc(N)cc(Cl)c1Cl. The van der Waals surface area contributed by atoms with Crippen LogP contribution >= 0.6 is 23.2 Å². The van der Waals surface area contributed by atoms with Crippen LogP contribution in [0.5, 0.6) is 0 Å². The van der Waals surface area contributed by atoms with Gasteiger partial charge in [-0.25, -0.2) is 0 Å². The van der Waals surface area contributed by atoms with E-state index >= 15 is 0 Å². The second-order valence-electron chi connectivity index (χ2n) is 4.73. The molecule has 0 aliphatic rings. The minimum absolute atomic E-state index is 0.107. The van der Waals surface area contributed by atoms with Crippen molar-refractivity contribution in [3.05, 3.63) is 27.7 Å². The molecule has 3 nitrogen and oxygen atoms in total. The summed E-state index contributed by atoms with van der Waals surface area (Å²) in [6.45, 7) is 4.13. The number of nitrogens with two attached hydrogens (primary N) is 1. The quantitative estimate of drug-likeness (QED) is 0.609. The van der Waals surface area contributed by atoms with Gasteiger partial charge < -0.3 is 11.1 Å². The molecule has 1 amide bonds. The molecule has 1 rings (SSSR count). The second-order valence-corrected chi connectivity index (χ2v) is 5.52. The molecule has 1 aromatic rings. The first-order valence-electron chi connectivity index (χ1n) is 6.51. The number of amides is 1. The number of benzene rings is 1. The monoisotopic (exact) mass is 302 g/mol. The van der Waals surface area contributed by atoms with E-state index < -0.39 is 0 Å². The number of rotatable bonds is 6. The van der Waals surface area contributed by atoms with Crippen LogP contribution in [0, 0.1) is 0 Å². The molecule has 0 saturated carbocycles. The van der Waals surface area contributed by atoms with E-state index in [-0.39, 0.29) is 17.0 Å². The Morgan fingerprint density at radius 2 is 2.05 bits per heavy atom. The summed E-state index contributed by atoms with van der Waals surface area (Å²) in [6.07, 6.45) is 4.39. The predicted octanol–water partition coefficient (Wildman–Crippen LogP) is 4.27. The van der Waals surface area contributed by atoms with Crippen LogP contribution in [0.1, 0.15) is 49.9 Å². The lowest BCUT2D eigenvalue weighted by Gasteiger charge is -2.15. The lowest BCUT2D eigenvalue weighted by molar-refractivity contribution is 0.0938. The third-order valence-corrected chi connectivity index (χ3v) is 3.72. The first-order chi connectivity index (χ1) is 8.95. The summed E-state index contributed by atoms with van der Waals surface area (Å²) < 4.78 is 0. The van der Waals surface area contributed by atoms with Crippen molar-refractivity contribution in [3.63, 3.8) is 0 Å². The summed E-state index contributed by atoms with van der Waals surface area (Å²) in [5, 5.41) is 3.45. The fourth-order valence-corrected chi connectivity index (χ4v) is 2.27. The Hall–Kier alpha value is -0.930. The van der Waals surface area contributed by atoms with Gasteiger partial charge in [-0.3, -0.25) is 4.79 Å². The van der Waals surface area contributed by atoms with Gasteiger partial charge in [0.1, 0.15) is 0 Å². The molecule has 0 aliphatic heterocycles. The van der Waals surface area contributed by atoms with Gasteiger partial charge in [0.2, 0.25) is 0 Å². The molecule has 0 aromatic heterocycles. The number of anilines is 1. The van der Waals surface area contributed by atoms with Crippen LogP contribution < -0.4 is 11.1 Å². The van der Waals surface area contributed by atoms with Crippen molar-refractivity contribution >= 4 is 34.8 Å². The smallest absolute Gasteiger partial charge is 0.253 e. The molecule has 5 heteroatoms. The van der Waals surface area contributed by atoms with E-state index in [4.69, 9.17) is 28.9 Å². The van der Waals surface area contributed by atoms with E-state index in [9.17, 15) is 4.79 Å². The van der Waals surface area contributed by atoms with Crippen molar-refractivity contribution in [1.82, 2.24) is 5.32 Å². The molecule has 0 fully saturated rings. The van der Waals surface area contributed by atoms with Gasteiger partial charge in [0, 0.05) is 11.7 Å². The van der Waals surface area contributed by atoms with Gasteiger partial charge in [-0.05, 0) is 25.5 Å². The molecule has 0 heterocycles. The minimum atomic E-state index is -0.233. The first kappa shape index (κ1) is 16.1. The average molecular weight is 303 g/mol. The number of carbonyl (C=O) groups excluding carboxylic acids is 1. The molecule has 1 aromatic carbocycles. The zero-order valence-electron chi connectivity index (χ0n) is 11.3. The molecule has 3 N–H and O–H groups in total. The fraction of sp³-hybridized carbons (Fsp3) is 0.500. The Bertz CT molecular complexity index is 449. The van der Waals surface area contributed by atoms with Gasteiger partial charge in [0.25, 0.3) is 5.91 Å². The number of nitrogen functional groups attached to an aromatic ring is 1. The maximum Gasteiger partial charge on any atom is 0.253 e. The van der Waals surface area contributed by atoms with Crippen LogP contribution in [0.3, 0.4) is 0 Å². The largest absolute Gasteiger partial charge is 0.399 e. The van der Waals surface area contributed by atoms with E-state index in [1.165, 1.54) is 12.5 Å². The van der Waals surface area contributed by atoms with E-state index in [1.54, 1.807) is 6.07 Å². The van der Waals surface area contributed by atoms with Crippen molar-refractivity contribution in [1.29, 1.82) is 0 Å². The number of unbranched alkanes of at least 4 members (excludes halogenated alkanes) is 2. The third kappa shape index (κ3) is 4.92. The maximum atomic E-state index is 12.1. The molecular weight excluding hydrogens is 283 g/mol. The molecule has 0 radical (unpaired) electrons. The Balaban J connectivity index is 2.68. The van der Waals surface area contributed by atoms with Gasteiger partial charge in [-0.1, -0.05) is 49.4 Å².